The molecule has 2 aromatic rings. The van der Waals surface area contributed by atoms with Gasteiger partial charge in [0.2, 0.25) is 0 Å². The molecule has 0 aliphatic heterocycles. The van der Waals surface area contributed by atoms with E-state index in [0.29, 0.717) is 11.5 Å². The Morgan fingerprint density at radius 2 is 1.00 bits per heavy atom. The highest BCUT2D eigenvalue weighted by Crippen LogP contribution is 2.22. The lowest BCUT2D eigenvalue weighted by Gasteiger charge is -2.13. The second-order valence-electron chi connectivity index (χ2n) is 6.12. The zero-order chi connectivity index (χ0) is 19.1. The van der Waals surface area contributed by atoms with Crippen molar-refractivity contribution in [2.24, 2.45) is 0 Å². The maximum atomic E-state index is 11.8. The van der Waals surface area contributed by atoms with E-state index in [1.54, 1.807) is 0 Å². The van der Waals surface area contributed by atoms with Gasteiger partial charge in [-0.2, -0.15) is 0 Å². The molecule has 6 nitrogen and oxygen atoms in total. The fourth-order valence-corrected chi connectivity index (χ4v) is 2.54. The molecule has 0 aliphatic carbocycles. The maximum absolute atomic E-state index is 11.8. The first-order chi connectivity index (χ1) is 12.4. The van der Waals surface area contributed by atoms with Crippen LogP contribution in [0.1, 0.15) is 22.3 Å². The molecular weight excluding hydrogens is 332 g/mol. The van der Waals surface area contributed by atoms with Crippen molar-refractivity contribution >= 4 is 11.8 Å². The van der Waals surface area contributed by atoms with E-state index in [1.165, 1.54) is 0 Å². The van der Waals surface area contributed by atoms with Crippen LogP contribution in [0.2, 0.25) is 0 Å². The number of rotatable bonds is 6. The van der Waals surface area contributed by atoms with Crippen molar-refractivity contribution in [1.82, 2.24) is 10.9 Å². The molecule has 2 amide bonds. The predicted octanol–water partition coefficient (Wildman–Crippen LogP) is 2.53. The molecule has 0 radical (unpaired) electrons. The number of hydrogen-bond acceptors (Lipinski definition) is 4. The third-order valence-corrected chi connectivity index (χ3v) is 3.85. The van der Waals surface area contributed by atoms with E-state index in [4.69, 9.17) is 9.47 Å². The fraction of sp³-hybridized carbons (Fsp3) is 0.300. The Morgan fingerprint density at radius 3 is 1.31 bits per heavy atom. The predicted molar refractivity (Wildman–Crippen MR) is 99.1 cm³/mol. The van der Waals surface area contributed by atoms with Gasteiger partial charge in [-0.1, -0.05) is 36.4 Å². The fourth-order valence-electron chi connectivity index (χ4n) is 2.54. The van der Waals surface area contributed by atoms with E-state index in [0.717, 1.165) is 22.3 Å². The lowest BCUT2D eigenvalue weighted by Crippen LogP contribution is -2.45. The van der Waals surface area contributed by atoms with Gasteiger partial charge < -0.3 is 9.47 Å². The van der Waals surface area contributed by atoms with Crippen molar-refractivity contribution in [3.8, 4) is 11.5 Å². The van der Waals surface area contributed by atoms with E-state index in [-0.39, 0.29) is 13.2 Å². The lowest BCUT2D eigenvalue weighted by atomic mass is 10.1. The zero-order valence-electron chi connectivity index (χ0n) is 15.5. The molecule has 0 unspecified atom stereocenters. The van der Waals surface area contributed by atoms with Crippen molar-refractivity contribution in [3.63, 3.8) is 0 Å². The molecule has 0 aliphatic rings. The SMILES string of the molecule is Cc1cccc(C)c1OCC(=O)NNC(=O)COc1c(C)cccc1C. The van der Waals surface area contributed by atoms with Gasteiger partial charge >= 0.3 is 0 Å². The van der Waals surface area contributed by atoms with Gasteiger partial charge in [0.15, 0.2) is 13.2 Å². The van der Waals surface area contributed by atoms with Gasteiger partial charge in [-0.05, 0) is 49.9 Å². The summed E-state index contributed by atoms with van der Waals surface area (Å²) in [7, 11) is 0. The smallest absolute Gasteiger partial charge is 0.276 e. The summed E-state index contributed by atoms with van der Waals surface area (Å²) >= 11 is 0. The number of aryl methyl sites for hydroxylation is 4. The second-order valence-corrected chi connectivity index (χ2v) is 6.12. The van der Waals surface area contributed by atoms with Crippen molar-refractivity contribution in [3.05, 3.63) is 58.7 Å². The van der Waals surface area contributed by atoms with Crippen LogP contribution in [0.25, 0.3) is 0 Å². The molecule has 2 aromatic carbocycles. The highest BCUT2D eigenvalue weighted by Gasteiger charge is 2.10. The van der Waals surface area contributed by atoms with Crippen LogP contribution < -0.4 is 20.3 Å². The number of carbonyl (C=O) groups is 2. The summed E-state index contributed by atoms with van der Waals surface area (Å²) in [5.41, 5.74) is 8.42. The van der Waals surface area contributed by atoms with Crippen LogP contribution in [0.4, 0.5) is 0 Å². The quantitative estimate of drug-likeness (QED) is 0.780. The van der Waals surface area contributed by atoms with Gasteiger partial charge in [-0.3, -0.25) is 20.4 Å². The summed E-state index contributed by atoms with van der Waals surface area (Å²) in [5, 5.41) is 0. The monoisotopic (exact) mass is 356 g/mol. The molecule has 0 saturated carbocycles. The highest BCUT2D eigenvalue weighted by atomic mass is 16.5. The van der Waals surface area contributed by atoms with Crippen LogP contribution in [0.3, 0.4) is 0 Å². The Bertz CT molecular complexity index is 694. The van der Waals surface area contributed by atoms with E-state index >= 15 is 0 Å². The molecule has 6 heteroatoms. The first kappa shape index (κ1) is 19.3. The van der Waals surface area contributed by atoms with Crippen LogP contribution >= 0.6 is 0 Å². The Balaban J connectivity index is 1.76. The average Bonchev–Trinajstić information content (AvgIpc) is 2.59. The Morgan fingerprint density at radius 1 is 0.692 bits per heavy atom. The molecule has 2 rings (SSSR count). The standard InChI is InChI=1S/C20H24N2O4/c1-13-7-5-8-14(2)19(13)25-11-17(23)21-22-18(24)12-26-20-15(3)9-6-10-16(20)4/h5-10H,11-12H2,1-4H3,(H,21,23)(H,22,24). The van der Waals surface area contributed by atoms with E-state index in [2.05, 4.69) is 10.9 Å². The Hall–Kier alpha value is -3.02. The van der Waals surface area contributed by atoms with E-state index in [1.807, 2.05) is 64.1 Å². The average molecular weight is 356 g/mol. The number of carbonyl (C=O) groups excluding carboxylic acids is 2. The topological polar surface area (TPSA) is 76.7 Å². The number of ether oxygens (including phenoxy) is 2. The summed E-state index contributed by atoms with van der Waals surface area (Å²) in [4.78, 5) is 23.7. The number of hydrazine groups is 1. The first-order valence-electron chi connectivity index (χ1n) is 8.34. The summed E-state index contributed by atoms with van der Waals surface area (Å²) in [5.74, 6) is 0.445. The van der Waals surface area contributed by atoms with Gasteiger partial charge in [0.05, 0.1) is 0 Å². The summed E-state index contributed by atoms with van der Waals surface area (Å²) in [6, 6.07) is 11.5. The number of nitrogens with one attached hydrogen (secondary N) is 2. The largest absolute Gasteiger partial charge is 0.483 e. The lowest BCUT2D eigenvalue weighted by molar-refractivity contribution is -0.131. The van der Waals surface area contributed by atoms with Crippen molar-refractivity contribution < 1.29 is 19.1 Å². The molecule has 0 atom stereocenters. The van der Waals surface area contributed by atoms with Crippen LogP contribution in [-0.4, -0.2) is 25.0 Å². The van der Waals surface area contributed by atoms with Gasteiger partial charge in [0.1, 0.15) is 11.5 Å². The molecule has 0 heterocycles. The molecule has 0 fully saturated rings. The van der Waals surface area contributed by atoms with Gasteiger partial charge in [-0.25, -0.2) is 0 Å². The number of para-hydroxylation sites is 2. The third kappa shape index (κ3) is 5.24. The second kappa shape index (κ2) is 8.89. The number of benzene rings is 2. The minimum atomic E-state index is -0.451. The number of hydrogen-bond donors (Lipinski definition) is 2. The molecule has 2 N–H and O–H groups in total. The Kier molecular flexibility index (Phi) is 6.60. The van der Waals surface area contributed by atoms with Gasteiger partial charge in [0.25, 0.3) is 11.8 Å². The van der Waals surface area contributed by atoms with Crippen LogP contribution in [0.5, 0.6) is 11.5 Å². The molecule has 26 heavy (non-hydrogen) atoms. The normalized spacial score (nSPS) is 10.2. The summed E-state index contributed by atoms with van der Waals surface area (Å²) in [6.07, 6.45) is 0. The van der Waals surface area contributed by atoms with E-state index < -0.39 is 11.8 Å². The maximum Gasteiger partial charge on any atom is 0.276 e. The van der Waals surface area contributed by atoms with Crippen molar-refractivity contribution in [2.45, 2.75) is 27.7 Å². The van der Waals surface area contributed by atoms with E-state index in [9.17, 15) is 9.59 Å². The van der Waals surface area contributed by atoms with Crippen LogP contribution in [0, 0.1) is 27.7 Å². The molecule has 0 spiro atoms. The highest BCUT2D eigenvalue weighted by molar-refractivity contribution is 5.83. The molecule has 0 saturated heterocycles. The molecule has 138 valence electrons. The number of amides is 2. The molecule has 0 aromatic heterocycles. The third-order valence-electron chi connectivity index (χ3n) is 3.85. The van der Waals surface area contributed by atoms with Gasteiger partial charge in [0, 0.05) is 0 Å². The summed E-state index contributed by atoms with van der Waals surface area (Å²) < 4.78 is 11.1. The van der Waals surface area contributed by atoms with Crippen molar-refractivity contribution in [1.29, 1.82) is 0 Å². The van der Waals surface area contributed by atoms with Crippen molar-refractivity contribution in [2.75, 3.05) is 13.2 Å². The first-order valence-corrected chi connectivity index (χ1v) is 8.34. The minimum Gasteiger partial charge on any atom is -0.483 e. The molecule has 0 bridgehead atoms. The van der Waals surface area contributed by atoms with Gasteiger partial charge in [-0.15, -0.1) is 0 Å². The zero-order valence-corrected chi connectivity index (χ0v) is 15.5. The van der Waals surface area contributed by atoms with Crippen LogP contribution in [0.15, 0.2) is 36.4 Å². The summed E-state index contributed by atoms with van der Waals surface area (Å²) in [6.45, 7) is 7.26. The Labute approximate surface area is 153 Å². The molecular formula is C20H24N2O4. The minimum absolute atomic E-state index is 0.191. The van der Waals surface area contributed by atoms with Crippen LogP contribution in [-0.2, 0) is 9.59 Å².